The first-order valence-corrected chi connectivity index (χ1v) is 47.4. The van der Waals surface area contributed by atoms with E-state index in [2.05, 4.69) is 72.0 Å². The first-order chi connectivity index (χ1) is 25.4. The molecule has 57 heavy (non-hydrogen) atoms. The molecule has 0 aliphatic heterocycles. The predicted octanol–water partition coefficient (Wildman–Crippen LogP) is 7.56. The third kappa shape index (κ3) is 26.3. The molecular formula is C33H84O14Si10. The first kappa shape index (κ1) is 58.1. The maximum absolute atomic E-state index is 12.1. The molecule has 4 N–H and O–H groups in total. The molecule has 0 heterocycles. The van der Waals surface area contributed by atoms with Crippen molar-refractivity contribution in [1.82, 2.24) is 0 Å². The Bertz CT molecular complexity index is 1190. The monoisotopic (exact) mass is 984 g/mol. The molecule has 0 bridgehead atoms. The van der Waals surface area contributed by atoms with Gasteiger partial charge in [0.15, 0.2) is 55.7 Å². The minimum atomic E-state index is -3.88. The smallest absolute Gasteiger partial charge is 0.417 e. The summed E-state index contributed by atoms with van der Waals surface area (Å²) in [6.07, 6.45) is 1.93. The Labute approximate surface area is 357 Å². The van der Waals surface area contributed by atoms with E-state index in [4.69, 9.17) is 38.3 Å². The Kier molecular flexibility index (Phi) is 23.6. The molecule has 14 nitrogen and oxygen atoms in total. The highest BCUT2D eigenvalue weighted by molar-refractivity contribution is 6.92. The maximum atomic E-state index is 12.1. The van der Waals surface area contributed by atoms with Gasteiger partial charge in [-0.05, 0) is 141 Å². The van der Waals surface area contributed by atoms with Crippen LogP contribution in [0.3, 0.4) is 0 Å². The summed E-state index contributed by atoms with van der Waals surface area (Å²) < 4.78 is 58.8. The van der Waals surface area contributed by atoms with E-state index >= 15 is 0 Å². The minimum absolute atomic E-state index is 0.0733. The summed E-state index contributed by atoms with van der Waals surface area (Å²) in [5.41, 5.74) is 0.570. The summed E-state index contributed by atoms with van der Waals surface area (Å²) in [4.78, 5) is 54.2. The summed E-state index contributed by atoms with van der Waals surface area (Å²) in [6.45, 7) is 35.8. The van der Waals surface area contributed by atoms with Crippen molar-refractivity contribution in [3.05, 3.63) is 12.2 Å². The van der Waals surface area contributed by atoms with Gasteiger partial charge in [0, 0.05) is 58.5 Å². The van der Waals surface area contributed by atoms with Gasteiger partial charge in [-0.25, -0.2) is 0 Å². The zero-order valence-electron chi connectivity index (χ0n) is 39.1. The van der Waals surface area contributed by atoms with Crippen LogP contribution in [0.5, 0.6) is 0 Å². The molecule has 24 heteroatoms. The van der Waals surface area contributed by atoms with Crippen molar-refractivity contribution >= 4 is 90.9 Å². The van der Waals surface area contributed by atoms with Gasteiger partial charge in [0.2, 0.25) is 0 Å². The lowest BCUT2D eigenvalue weighted by Gasteiger charge is -2.46. The number of unbranched alkanes of at least 4 members (excludes halogenated alkanes) is 1. The van der Waals surface area contributed by atoms with Crippen molar-refractivity contribution in [2.75, 3.05) is 27.9 Å². The molecular weight excluding hydrogens is 901 g/mol. The molecule has 0 fully saturated rings. The van der Waals surface area contributed by atoms with Crippen LogP contribution < -0.4 is 0 Å². The second kappa shape index (κ2) is 23.1. The zero-order valence-corrected chi connectivity index (χ0v) is 49.1. The summed E-state index contributed by atoms with van der Waals surface area (Å²) >= 11 is 0. The Morgan fingerprint density at radius 1 is 0.474 bits per heavy atom. The first-order valence-electron chi connectivity index (χ1n) is 20.3. The van der Waals surface area contributed by atoms with Crippen molar-refractivity contribution in [3.63, 3.8) is 0 Å². The van der Waals surface area contributed by atoms with Gasteiger partial charge in [-0.1, -0.05) is 6.58 Å². The van der Waals surface area contributed by atoms with Gasteiger partial charge >= 0.3 is 35.2 Å². The second-order valence-electron chi connectivity index (χ2n) is 19.7. The molecule has 0 saturated heterocycles. The van der Waals surface area contributed by atoms with Crippen LogP contribution in [0.4, 0.5) is 0 Å². The zero-order chi connectivity index (χ0) is 45.0. The number of Topliss-reactive ketones (excluding diaryl/α,β-unsaturated/α-hetero) is 1. The summed E-state index contributed by atoms with van der Waals surface area (Å²) in [6, 6.07) is 3.36. The Morgan fingerprint density at radius 2 is 0.825 bits per heavy atom. The average molecular weight is 986 g/mol. The molecule has 340 valence electrons. The largest absolute Gasteiger partial charge is 0.494 e. The topological polar surface area (TPSA) is 181 Å². The van der Waals surface area contributed by atoms with E-state index in [-0.39, 0.29) is 17.9 Å². The third-order valence-corrected chi connectivity index (χ3v) is 41.1. The number of hydrogen-bond donors (Lipinski definition) is 4. The van der Waals surface area contributed by atoms with Crippen LogP contribution in [-0.4, -0.2) is 138 Å². The number of rotatable bonds is 32. The fourth-order valence-electron chi connectivity index (χ4n) is 5.93. The van der Waals surface area contributed by atoms with Gasteiger partial charge in [-0.15, -0.1) is 0 Å². The van der Waals surface area contributed by atoms with Crippen LogP contribution in [0.2, 0.25) is 140 Å². The van der Waals surface area contributed by atoms with E-state index in [1.165, 1.54) is 14.2 Å². The van der Waals surface area contributed by atoms with Gasteiger partial charge in [0.25, 0.3) is 0 Å². The normalized spacial score (nSPS) is 14.7. The van der Waals surface area contributed by atoms with Gasteiger partial charge in [-0.2, -0.15) is 0 Å². The third-order valence-electron chi connectivity index (χ3n) is 9.12. The van der Waals surface area contributed by atoms with Crippen LogP contribution in [0.25, 0.3) is 0 Å². The van der Waals surface area contributed by atoms with Crippen LogP contribution in [0, 0.1) is 0 Å². The van der Waals surface area contributed by atoms with E-state index in [0.29, 0.717) is 54.9 Å². The Hall–Kier alpha value is 1.06. The van der Waals surface area contributed by atoms with Crippen LogP contribution in [0.1, 0.15) is 26.2 Å². The molecule has 0 aromatic carbocycles. The highest BCUT2D eigenvalue weighted by Gasteiger charge is 2.55. The average Bonchev–Trinajstić information content (AvgIpc) is 3.02. The van der Waals surface area contributed by atoms with Gasteiger partial charge < -0.3 is 57.5 Å². The molecule has 0 aliphatic carbocycles. The maximum Gasteiger partial charge on any atom is 0.494 e. The van der Waals surface area contributed by atoms with Gasteiger partial charge in [0.1, 0.15) is 0 Å². The molecule has 0 rings (SSSR count). The number of allylic oxidation sites excluding steroid dienone is 1. The highest BCUT2D eigenvalue weighted by atomic mass is 28.5. The Morgan fingerprint density at radius 3 is 1.16 bits per heavy atom. The summed E-state index contributed by atoms with van der Waals surface area (Å²) in [5, 5.41) is 0. The van der Waals surface area contributed by atoms with Crippen LogP contribution >= 0.6 is 0 Å². The number of carbonyl (C=O) groups excluding carboxylic acids is 1. The van der Waals surface area contributed by atoms with Gasteiger partial charge in [0.05, 0.1) is 0 Å². The molecule has 0 unspecified atom stereocenters. The molecule has 0 spiro atoms. The molecule has 0 radical (unpaired) electrons. The second-order valence-corrected chi connectivity index (χ2v) is 57.6. The number of hydrogen-bond acceptors (Lipinski definition) is 14. The lowest BCUT2D eigenvalue weighted by molar-refractivity contribution is -0.115. The van der Waals surface area contributed by atoms with E-state index < -0.39 is 85.1 Å². The van der Waals surface area contributed by atoms with Crippen molar-refractivity contribution in [2.45, 2.75) is 166 Å². The van der Waals surface area contributed by atoms with Crippen LogP contribution in [0.15, 0.2) is 12.2 Å². The van der Waals surface area contributed by atoms with E-state index in [1.807, 2.05) is 26.2 Å². The molecule has 0 saturated carbocycles. The van der Waals surface area contributed by atoms with E-state index in [0.717, 1.165) is 12.8 Å². The number of ketones is 1. The highest BCUT2D eigenvalue weighted by Crippen LogP contribution is 2.38. The Balaban J connectivity index is 7.11. The summed E-state index contributed by atoms with van der Waals surface area (Å²) in [7, 11) is -25.0. The minimum Gasteiger partial charge on any atom is -0.417 e. The van der Waals surface area contributed by atoms with Gasteiger partial charge in [-0.3, -0.25) is 4.79 Å². The number of carbonyl (C=O) groups is 1. The van der Waals surface area contributed by atoms with Crippen molar-refractivity contribution in [1.29, 1.82) is 0 Å². The molecule has 0 amide bonds. The lowest BCUT2D eigenvalue weighted by Crippen LogP contribution is -2.63. The molecule has 0 aromatic heterocycles. The molecule has 0 aromatic rings. The molecule has 0 atom stereocenters. The predicted molar refractivity (Wildman–Crippen MR) is 253 cm³/mol. The fourth-order valence-corrected chi connectivity index (χ4v) is 45.7. The standard InChI is InChI=1S/C33H84O14Si10/c1-32(2)33(34)22-20-21-23-42-50(12,13)26-31-57(45-51(14,15)24-28-54(35,36)39-3,46-52(16,17)25-29-55(37,38)40-4)47-53(18,19)27-30-56(41-5,43-48(6,7)8)44-49(9,10)11/h35-38H,1,20-31H2,2-19H3. The van der Waals surface area contributed by atoms with Crippen LogP contribution in [-0.2, 0) is 43.1 Å². The van der Waals surface area contributed by atoms with E-state index in [9.17, 15) is 24.0 Å². The summed E-state index contributed by atoms with van der Waals surface area (Å²) in [5.74, 6) is 0.0733. The molecule has 0 aliphatic rings. The lowest BCUT2D eigenvalue weighted by atomic mass is 10.1. The van der Waals surface area contributed by atoms with E-state index in [1.54, 1.807) is 14.0 Å². The van der Waals surface area contributed by atoms with Crippen molar-refractivity contribution in [2.24, 2.45) is 0 Å². The SMILES string of the molecule is C=C(C)C(=O)CCCCO[Si](C)(C)CC[Si](O[Si](C)(C)CC[Si](O)(O)OC)(O[Si](C)(C)CC[Si](O)(O)OC)O[Si](C)(C)CC[Si](OC)(O[Si](C)(C)C)O[Si](C)(C)C. The van der Waals surface area contributed by atoms with Crippen molar-refractivity contribution in [3.8, 4) is 0 Å². The fraction of sp³-hybridized carbons (Fsp3) is 0.909. The quantitative estimate of drug-likeness (QED) is 0.0295. The van der Waals surface area contributed by atoms with Crippen molar-refractivity contribution < 1.29 is 62.3 Å².